The highest BCUT2D eigenvalue weighted by Gasteiger charge is 2.02. The average molecular weight is 245 g/mol. The van der Waals surface area contributed by atoms with Gasteiger partial charge >= 0.3 is 6.09 Å². The molecule has 0 radical (unpaired) electrons. The molecule has 0 bridgehead atoms. The van der Waals surface area contributed by atoms with Crippen LogP contribution in [0.3, 0.4) is 0 Å². The van der Waals surface area contributed by atoms with Gasteiger partial charge in [0.25, 0.3) is 0 Å². The molecule has 0 atom stereocenters. The Labute approximate surface area is 105 Å². The summed E-state index contributed by atoms with van der Waals surface area (Å²) in [5.41, 5.74) is 1.89. The van der Waals surface area contributed by atoms with E-state index in [1.165, 1.54) is 0 Å². The Bertz CT molecular complexity index is 468. The predicted octanol–water partition coefficient (Wildman–Crippen LogP) is 1.88. The van der Waals surface area contributed by atoms with Crippen LogP contribution in [-0.2, 0) is 17.8 Å². The van der Waals surface area contributed by atoms with E-state index < -0.39 is 6.09 Å². The number of aromatic amines is 1. The summed E-state index contributed by atoms with van der Waals surface area (Å²) >= 11 is 0. The van der Waals surface area contributed by atoms with Crippen LogP contribution in [-0.4, -0.2) is 22.6 Å². The van der Waals surface area contributed by atoms with Gasteiger partial charge in [0.1, 0.15) is 6.61 Å². The van der Waals surface area contributed by atoms with Crippen molar-refractivity contribution < 1.29 is 9.53 Å². The SMILES string of the molecule is O=C(NCCc1c[nH]cn1)OCc1ccccc1. The van der Waals surface area contributed by atoms with Crippen LogP contribution >= 0.6 is 0 Å². The first-order chi connectivity index (χ1) is 8.84. The Hall–Kier alpha value is -2.30. The third kappa shape index (κ3) is 3.93. The number of aromatic nitrogens is 2. The van der Waals surface area contributed by atoms with E-state index in [1.807, 2.05) is 30.3 Å². The molecule has 1 amide bonds. The lowest BCUT2D eigenvalue weighted by atomic mass is 10.2. The van der Waals surface area contributed by atoms with Crippen molar-refractivity contribution in [3.05, 3.63) is 54.1 Å². The number of hydrogen-bond donors (Lipinski definition) is 2. The molecule has 0 spiro atoms. The Morgan fingerprint density at radius 3 is 2.89 bits per heavy atom. The molecule has 0 aliphatic heterocycles. The van der Waals surface area contributed by atoms with Crippen LogP contribution in [0.2, 0.25) is 0 Å². The molecule has 1 heterocycles. The Kier molecular flexibility index (Phi) is 4.35. The van der Waals surface area contributed by atoms with Gasteiger partial charge in [-0.25, -0.2) is 9.78 Å². The van der Waals surface area contributed by atoms with Gasteiger partial charge < -0.3 is 15.0 Å². The van der Waals surface area contributed by atoms with Gasteiger partial charge in [-0.3, -0.25) is 0 Å². The van der Waals surface area contributed by atoms with Crippen molar-refractivity contribution in [2.45, 2.75) is 13.0 Å². The van der Waals surface area contributed by atoms with Crippen LogP contribution in [0, 0.1) is 0 Å². The van der Waals surface area contributed by atoms with Crippen LogP contribution in [0.25, 0.3) is 0 Å². The molecule has 0 unspecified atom stereocenters. The highest BCUT2D eigenvalue weighted by atomic mass is 16.5. The number of hydrogen-bond acceptors (Lipinski definition) is 3. The van der Waals surface area contributed by atoms with Crippen molar-refractivity contribution >= 4 is 6.09 Å². The minimum absolute atomic E-state index is 0.287. The second-order valence-corrected chi connectivity index (χ2v) is 3.80. The molecule has 1 aromatic carbocycles. The van der Waals surface area contributed by atoms with Crippen molar-refractivity contribution in [1.29, 1.82) is 0 Å². The molecule has 0 aliphatic carbocycles. The fraction of sp³-hybridized carbons (Fsp3) is 0.231. The Morgan fingerprint density at radius 1 is 1.33 bits per heavy atom. The first-order valence-corrected chi connectivity index (χ1v) is 5.77. The molecule has 0 aliphatic rings. The normalized spacial score (nSPS) is 10.0. The second kappa shape index (κ2) is 6.44. The van der Waals surface area contributed by atoms with Gasteiger partial charge in [0, 0.05) is 19.2 Å². The zero-order chi connectivity index (χ0) is 12.6. The molecular weight excluding hydrogens is 230 g/mol. The standard InChI is InChI=1S/C13H15N3O2/c17-13(15-7-6-12-8-14-10-16-12)18-9-11-4-2-1-3-5-11/h1-5,8,10H,6-7,9H2,(H,14,16)(H,15,17). The van der Waals surface area contributed by atoms with Gasteiger partial charge in [-0.2, -0.15) is 0 Å². The third-order valence-corrected chi connectivity index (χ3v) is 2.42. The highest BCUT2D eigenvalue weighted by Crippen LogP contribution is 2.00. The van der Waals surface area contributed by atoms with E-state index in [9.17, 15) is 4.79 Å². The number of carbonyl (C=O) groups is 1. The van der Waals surface area contributed by atoms with E-state index in [4.69, 9.17) is 4.74 Å². The molecule has 18 heavy (non-hydrogen) atoms. The smallest absolute Gasteiger partial charge is 0.407 e. The maximum absolute atomic E-state index is 11.4. The summed E-state index contributed by atoms with van der Waals surface area (Å²) in [6, 6.07) is 9.57. The fourth-order valence-corrected chi connectivity index (χ4v) is 1.49. The molecule has 2 aromatic rings. The van der Waals surface area contributed by atoms with Gasteiger partial charge in [-0.15, -0.1) is 0 Å². The molecule has 0 saturated carbocycles. The van der Waals surface area contributed by atoms with Crippen molar-refractivity contribution in [2.75, 3.05) is 6.54 Å². The summed E-state index contributed by atoms with van der Waals surface area (Å²) in [6.45, 7) is 0.799. The summed E-state index contributed by atoms with van der Waals surface area (Å²) in [5, 5.41) is 2.68. The van der Waals surface area contributed by atoms with Crippen LogP contribution < -0.4 is 5.32 Å². The van der Waals surface area contributed by atoms with Crippen LogP contribution in [0.1, 0.15) is 11.3 Å². The monoisotopic (exact) mass is 245 g/mol. The fourth-order valence-electron chi connectivity index (χ4n) is 1.49. The number of nitrogens with zero attached hydrogens (tertiary/aromatic N) is 1. The molecule has 0 saturated heterocycles. The van der Waals surface area contributed by atoms with Crippen molar-refractivity contribution in [3.63, 3.8) is 0 Å². The molecular formula is C13H15N3O2. The van der Waals surface area contributed by atoms with Gasteiger partial charge in [0.2, 0.25) is 0 Å². The zero-order valence-electron chi connectivity index (χ0n) is 9.93. The second-order valence-electron chi connectivity index (χ2n) is 3.80. The van der Waals surface area contributed by atoms with Gasteiger partial charge in [-0.1, -0.05) is 30.3 Å². The number of nitrogens with one attached hydrogen (secondary N) is 2. The highest BCUT2D eigenvalue weighted by molar-refractivity contribution is 5.67. The maximum Gasteiger partial charge on any atom is 0.407 e. The number of imidazole rings is 1. The number of amides is 1. The number of carbonyl (C=O) groups excluding carboxylic acids is 1. The first-order valence-electron chi connectivity index (χ1n) is 5.77. The molecule has 5 heteroatoms. The lowest BCUT2D eigenvalue weighted by Crippen LogP contribution is -2.26. The van der Waals surface area contributed by atoms with E-state index in [0.717, 1.165) is 11.3 Å². The van der Waals surface area contributed by atoms with E-state index in [-0.39, 0.29) is 6.61 Å². The molecule has 2 rings (SSSR count). The Balaban J connectivity index is 1.63. The van der Waals surface area contributed by atoms with Crippen molar-refractivity contribution in [1.82, 2.24) is 15.3 Å². The number of ether oxygens (including phenoxy) is 1. The molecule has 5 nitrogen and oxygen atoms in total. The van der Waals surface area contributed by atoms with Crippen LogP contribution in [0.4, 0.5) is 4.79 Å². The largest absolute Gasteiger partial charge is 0.445 e. The topological polar surface area (TPSA) is 67.0 Å². The van der Waals surface area contributed by atoms with Crippen LogP contribution in [0.5, 0.6) is 0 Å². The maximum atomic E-state index is 11.4. The van der Waals surface area contributed by atoms with E-state index >= 15 is 0 Å². The average Bonchev–Trinajstić information content (AvgIpc) is 2.91. The van der Waals surface area contributed by atoms with E-state index in [2.05, 4.69) is 15.3 Å². The summed E-state index contributed by atoms with van der Waals surface area (Å²) < 4.78 is 5.07. The lowest BCUT2D eigenvalue weighted by molar-refractivity contribution is 0.140. The van der Waals surface area contributed by atoms with Gasteiger partial charge in [0.05, 0.1) is 12.0 Å². The first kappa shape index (κ1) is 12.2. The van der Waals surface area contributed by atoms with Crippen molar-refractivity contribution in [3.8, 4) is 0 Å². The minimum Gasteiger partial charge on any atom is -0.445 e. The quantitative estimate of drug-likeness (QED) is 0.845. The number of alkyl carbamates (subject to hydrolysis) is 1. The third-order valence-electron chi connectivity index (χ3n) is 2.42. The van der Waals surface area contributed by atoms with Crippen molar-refractivity contribution in [2.24, 2.45) is 0 Å². The number of rotatable bonds is 5. The summed E-state index contributed by atoms with van der Waals surface area (Å²) in [4.78, 5) is 18.3. The lowest BCUT2D eigenvalue weighted by Gasteiger charge is -2.06. The molecule has 1 aromatic heterocycles. The van der Waals surface area contributed by atoms with Crippen LogP contribution in [0.15, 0.2) is 42.9 Å². The summed E-state index contributed by atoms with van der Waals surface area (Å²) in [7, 11) is 0. The molecule has 94 valence electrons. The number of H-pyrrole nitrogens is 1. The predicted molar refractivity (Wildman–Crippen MR) is 66.9 cm³/mol. The Morgan fingerprint density at radius 2 is 2.17 bits per heavy atom. The summed E-state index contributed by atoms with van der Waals surface area (Å²) in [6.07, 6.45) is 3.69. The van der Waals surface area contributed by atoms with Gasteiger partial charge in [0.15, 0.2) is 0 Å². The van der Waals surface area contributed by atoms with E-state index in [1.54, 1.807) is 12.5 Å². The van der Waals surface area contributed by atoms with Gasteiger partial charge in [-0.05, 0) is 5.56 Å². The zero-order valence-corrected chi connectivity index (χ0v) is 9.93. The van der Waals surface area contributed by atoms with E-state index in [0.29, 0.717) is 13.0 Å². The molecule has 0 fully saturated rings. The minimum atomic E-state index is -0.408. The molecule has 2 N–H and O–H groups in total. The number of benzene rings is 1. The summed E-state index contributed by atoms with van der Waals surface area (Å²) in [5.74, 6) is 0.